The van der Waals surface area contributed by atoms with E-state index in [1.165, 1.54) is 27.6 Å². The quantitative estimate of drug-likeness (QED) is 0.179. The number of para-hydroxylation sites is 3. The Morgan fingerprint density at radius 3 is 1.90 bits per heavy atom. The minimum atomic E-state index is -0.184. The van der Waals surface area contributed by atoms with Gasteiger partial charge in [-0.1, -0.05) is 135 Å². The van der Waals surface area contributed by atoms with E-state index in [0.29, 0.717) is 0 Å². The highest BCUT2D eigenvalue weighted by atomic mass is 16.3. The van der Waals surface area contributed by atoms with Crippen LogP contribution in [0.2, 0.25) is 0 Å². The van der Waals surface area contributed by atoms with Gasteiger partial charge in [-0.05, 0) is 82.2 Å². The molecule has 13 rings (SSSR count). The summed E-state index contributed by atoms with van der Waals surface area (Å²) in [5.41, 5.74) is 15.1. The predicted octanol–water partition coefficient (Wildman–Crippen LogP) is 16.0. The van der Waals surface area contributed by atoms with Crippen molar-refractivity contribution in [2.24, 2.45) is 0 Å². The molecule has 0 spiro atoms. The smallest absolute Gasteiger partial charge is 0.145 e. The maximum atomic E-state index is 7.18. The zero-order valence-corrected chi connectivity index (χ0v) is 32.4. The number of rotatable bonds is 4. The Labute approximate surface area is 339 Å². The van der Waals surface area contributed by atoms with Gasteiger partial charge in [0.1, 0.15) is 33.5 Å². The van der Waals surface area contributed by atoms with Crippen molar-refractivity contribution in [3.05, 3.63) is 187 Å². The maximum absolute atomic E-state index is 7.18. The van der Waals surface area contributed by atoms with E-state index in [-0.39, 0.29) is 5.41 Å². The Hall–Kier alpha value is -7.56. The molecule has 9 aromatic carbocycles. The third kappa shape index (κ3) is 4.43. The molecule has 0 fully saturated rings. The molecular weight excluding hydrogens is 723 g/mol. The van der Waals surface area contributed by atoms with Gasteiger partial charge in [0.2, 0.25) is 0 Å². The van der Waals surface area contributed by atoms with Crippen LogP contribution in [0.3, 0.4) is 0 Å². The molecule has 0 unspecified atom stereocenters. The Bertz CT molecular complexity index is 3720. The molecule has 0 saturated heterocycles. The standard InChI is InChI=1S/C55H35NO3/c1-55(2)42-21-8-5-16-35(42)36-26-25-33(31-43(36)55)56(44-22-11-14-32-13-3-4-15-34(32)44)45-28-27-41-52-49(30-29-48-51(52)39-18-7-10-24-47(39)57-48)59-54(41)50(45)40-20-12-19-38-37-17-6-9-23-46(37)58-53(38)40/h3-31H,1-2H3. The van der Waals surface area contributed by atoms with Crippen LogP contribution in [0.4, 0.5) is 17.1 Å². The van der Waals surface area contributed by atoms with E-state index in [4.69, 9.17) is 13.3 Å². The van der Waals surface area contributed by atoms with Gasteiger partial charge in [-0.2, -0.15) is 0 Å². The molecule has 0 aliphatic heterocycles. The molecule has 0 amide bonds. The van der Waals surface area contributed by atoms with Gasteiger partial charge < -0.3 is 18.2 Å². The first-order chi connectivity index (χ1) is 29.0. The van der Waals surface area contributed by atoms with Crippen molar-refractivity contribution >= 4 is 93.7 Å². The lowest BCUT2D eigenvalue weighted by Gasteiger charge is -2.30. The summed E-state index contributed by atoms with van der Waals surface area (Å²) in [6.07, 6.45) is 0. The summed E-state index contributed by atoms with van der Waals surface area (Å²) in [5, 5.41) is 8.66. The van der Waals surface area contributed by atoms with Crippen LogP contribution >= 0.6 is 0 Å². The van der Waals surface area contributed by atoms with E-state index < -0.39 is 0 Å². The molecule has 278 valence electrons. The van der Waals surface area contributed by atoms with Crippen LogP contribution in [0.5, 0.6) is 0 Å². The maximum Gasteiger partial charge on any atom is 0.145 e. The fraction of sp³-hybridized carbons (Fsp3) is 0.0545. The predicted molar refractivity (Wildman–Crippen MR) is 243 cm³/mol. The first-order valence-electron chi connectivity index (χ1n) is 20.3. The Balaban J connectivity index is 1.18. The van der Waals surface area contributed by atoms with E-state index in [9.17, 15) is 0 Å². The van der Waals surface area contributed by atoms with E-state index in [1.54, 1.807) is 0 Å². The SMILES string of the molecule is CC1(C)c2ccccc2-c2ccc(N(c3ccc4c(oc5ccc6oc7ccccc7c6c54)c3-c3cccc4c3oc3ccccc34)c3cccc4ccccc34)cc21. The van der Waals surface area contributed by atoms with E-state index in [2.05, 4.69) is 164 Å². The zero-order valence-electron chi connectivity index (χ0n) is 32.4. The summed E-state index contributed by atoms with van der Waals surface area (Å²) in [5.74, 6) is 0. The summed E-state index contributed by atoms with van der Waals surface area (Å²) < 4.78 is 20.4. The molecule has 3 heterocycles. The Kier molecular flexibility index (Phi) is 6.48. The average molecular weight is 758 g/mol. The van der Waals surface area contributed by atoms with Crippen LogP contribution in [0, 0.1) is 0 Å². The first-order valence-corrected chi connectivity index (χ1v) is 20.3. The van der Waals surface area contributed by atoms with Crippen LogP contribution in [0.15, 0.2) is 189 Å². The lowest BCUT2D eigenvalue weighted by atomic mass is 9.82. The van der Waals surface area contributed by atoms with Crippen LogP contribution in [-0.4, -0.2) is 0 Å². The number of hydrogen-bond acceptors (Lipinski definition) is 4. The van der Waals surface area contributed by atoms with Gasteiger partial charge in [0.05, 0.1) is 16.9 Å². The molecule has 12 aromatic rings. The molecule has 1 aliphatic carbocycles. The molecule has 3 aromatic heterocycles. The molecule has 0 bridgehead atoms. The molecule has 0 saturated carbocycles. The van der Waals surface area contributed by atoms with Gasteiger partial charge in [0.25, 0.3) is 0 Å². The Morgan fingerprint density at radius 2 is 1.02 bits per heavy atom. The fourth-order valence-electron chi connectivity index (χ4n) is 10.2. The molecule has 0 N–H and O–H groups in total. The van der Waals surface area contributed by atoms with Gasteiger partial charge in [0.15, 0.2) is 0 Å². The average Bonchev–Trinajstić information content (AvgIpc) is 4.02. The highest BCUT2D eigenvalue weighted by Gasteiger charge is 2.36. The van der Waals surface area contributed by atoms with Crippen molar-refractivity contribution in [1.82, 2.24) is 0 Å². The van der Waals surface area contributed by atoms with E-state index in [1.807, 2.05) is 30.3 Å². The fourth-order valence-corrected chi connectivity index (χ4v) is 10.2. The van der Waals surface area contributed by atoms with E-state index in [0.717, 1.165) is 99.4 Å². The highest BCUT2D eigenvalue weighted by molar-refractivity contribution is 6.28. The van der Waals surface area contributed by atoms with Crippen molar-refractivity contribution in [3.63, 3.8) is 0 Å². The van der Waals surface area contributed by atoms with Crippen molar-refractivity contribution in [1.29, 1.82) is 0 Å². The van der Waals surface area contributed by atoms with Gasteiger partial charge in [-0.25, -0.2) is 0 Å². The second-order valence-electron chi connectivity index (χ2n) is 16.4. The van der Waals surface area contributed by atoms with Gasteiger partial charge >= 0.3 is 0 Å². The minimum Gasteiger partial charge on any atom is -0.456 e. The summed E-state index contributed by atoms with van der Waals surface area (Å²) in [7, 11) is 0. The Morgan fingerprint density at radius 1 is 0.390 bits per heavy atom. The third-order valence-electron chi connectivity index (χ3n) is 12.9. The third-order valence-corrected chi connectivity index (χ3v) is 12.9. The zero-order chi connectivity index (χ0) is 39.0. The van der Waals surface area contributed by atoms with Crippen LogP contribution in [0.25, 0.3) is 98.8 Å². The lowest BCUT2D eigenvalue weighted by molar-refractivity contribution is 0.660. The normalized spacial score (nSPS) is 13.4. The molecule has 0 atom stereocenters. The number of hydrogen-bond donors (Lipinski definition) is 0. The summed E-state index contributed by atoms with van der Waals surface area (Å²) in [6, 6.07) is 62.8. The number of benzene rings is 9. The first kappa shape index (κ1) is 32.5. The summed E-state index contributed by atoms with van der Waals surface area (Å²) >= 11 is 0. The largest absolute Gasteiger partial charge is 0.456 e. The van der Waals surface area contributed by atoms with Crippen LogP contribution in [-0.2, 0) is 5.41 Å². The molecular formula is C55H35NO3. The van der Waals surface area contributed by atoms with Gasteiger partial charge in [0, 0.05) is 54.4 Å². The summed E-state index contributed by atoms with van der Waals surface area (Å²) in [6.45, 7) is 4.69. The second-order valence-corrected chi connectivity index (χ2v) is 16.4. The number of furan rings is 3. The molecule has 4 nitrogen and oxygen atoms in total. The van der Waals surface area contributed by atoms with Gasteiger partial charge in [-0.3, -0.25) is 0 Å². The number of anilines is 3. The number of nitrogens with zero attached hydrogens (tertiary/aromatic N) is 1. The molecule has 59 heavy (non-hydrogen) atoms. The van der Waals surface area contributed by atoms with Crippen LogP contribution < -0.4 is 4.90 Å². The number of fused-ring (bicyclic) bond motifs is 14. The van der Waals surface area contributed by atoms with E-state index >= 15 is 0 Å². The van der Waals surface area contributed by atoms with Gasteiger partial charge in [-0.15, -0.1) is 0 Å². The van der Waals surface area contributed by atoms with Crippen LogP contribution in [0.1, 0.15) is 25.0 Å². The monoisotopic (exact) mass is 757 g/mol. The topological polar surface area (TPSA) is 42.7 Å². The molecule has 4 heteroatoms. The lowest BCUT2D eigenvalue weighted by Crippen LogP contribution is -2.17. The van der Waals surface area contributed by atoms with Crippen molar-refractivity contribution < 1.29 is 13.3 Å². The summed E-state index contributed by atoms with van der Waals surface area (Å²) in [4.78, 5) is 2.44. The van der Waals surface area contributed by atoms with Crippen molar-refractivity contribution in [3.8, 4) is 22.3 Å². The highest BCUT2D eigenvalue weighted by Crippen LogP contribution is 2.54. The second kappa shape index (κ2) is 11.7. The molecule has 1 aliphatic rings. The minimum absolute atomic E-state index is 0.184. The van der Waals surface area contributed by atoms with Crippen molar-refractivity contribution in [2.75, 3.05) is 4.90 Å². The van der Waals surface area contributed by atoms with Crippen molar-refractivity contribution in [2.45, 2.75) is 19.3 Å². The molecule has 0 radical (unpaired) electrons.